The van der Waals surface area contributed by atoms with Gasteiger partial charge in [-0.1, -0.05) is 6.07 Å². The van der Waals surface area contributed by atoms with Crippen molar-refractivity contribution < 1.29 is 27.4 Å². The van der Waals surface area contributed by atoms with E-state index in [1.807, 2.05) is 18.2 Å². The van der Waals surface area contributed by atoms with Crippen molar-refractivity contribution in [3.63, 3.8) is 0 Å². The van der Waals surface area contributed by atoms with E-state index in [0.717, 1.165) is 17.8 Å². The minimum Gasteiger partial charge on any atom is -0.493 e. The van der Waals surface area contributed by atoms with E-state index < -0.39 is 11.7 Å². The number of hydrogen-bond acceptors (Lipinski definition) is 5. The number of guanidine groups is 1. The van der Waals surface area contributed by atoms with Crippen molar-refractivity contribution >= 4 is 5.96 Å². The zero-order valence-corrected chi connectivity index (χ0v) is 16.3. The van der Waals surface area contributed by atoms with Crippen LogP contribution >= 0.6 is 0 Å². The molecule has 0 atom stereocenters. The van der Waals surface area contributed by atoms with Crippen molar-refractivity contribution in [3.8, 4) is 17.4 Å². The van der Waals surface area contributed by atoms with Gasteiger partial charge in [0.05, 0.1) is 26.3 Å². The summed E-state index contributed by atoms with van der Waals surface area (Å²) in [5.74, 6) is 1.94. The minimum atomic E-state index is -4.42. The quantitative estimate of drug-likeness (QED) is 0.395. The standard InChI is InChI=1S/C19H23F3N4O3/c1-23-18(26-11-13-4-6-15(27-2)16(10-13)28-3)24-8-9-29-17-7-5-14(12-25-17)19(20,21)22/h4-7,10,12H,8-9,11H2,1-3H3,(H2,23,24,26). The maximum atomic E-state index is 12.5. The molecule has 10 heteroatoms. The third kappa shape index (κ3) is 6.74. The summed E-state index contributed by atoms with van der Waals surface area (Å²) in [5.41, 5.74) is 0.151. The lowest BCUT2D eigenvalue weighted by molar-refractivity contribution is -0.137. The highest BCUT2D eigenvalue weighted by molar-refractivity contribution is 5.79. The molecular formula is C19H23F3N4O3. The van der Waals surface area contributed by atoms with Crippen molar-refractivity contribution in [2.45, 2.75) is 12.7 Å². The summed E-state index contributed by atoms with van der Waals surface area (Å²) in [5, 5.41) is 6.19. The van der Waals surface area contributed by atoms with Gasteiger partial charge in [0.15, 0.2) is 17.5 Å². The number of ether oxygens (including phenoxy) is 3. The number of nitrogens with one attached hydrogen (secondary N) is 2. The van der Waals surface area contributed by atoms with Gasteiger partial charge in [-0.05, 0) is 23.8 Å². The van der Waals surface area contributed by atoms with Crippen LogP contribution in [0.5, 0.6) is 17.4 Å². The van der Waals surface area contributed by atoms with Gasteiger partial charge in [-0.3, -0.25) is 4.99 Å². The van der Waals surface area contributed by atoms with Gasteiger partial charge in [0.1, 0.15) is 6.61 Å². The number of hydrogen-bond donors (Lipinski definition) is 2. The van der Waals surface area contributed by atoms with E-state index in [1.165, 1.54) is 6.07 Å². The molecule has 1 aromatic carbocycles. The second-order valence-electron chi connectivity index (χ2n) is 5.77. The summed E-state index contributed by atoms with van der Waals surface area (Å²) in [7, 11) is 4.77. The van der Waals surface area contributed by atoms with E-state index in [4.69, 9.17) is 14.2 Å². The molecule has 0 aliphatic carbocycles. The fourth-order valence-corrected chi connectivity index (χ4v) is 2.36. The van der Waals surface area contributed by atoms with Crippen LogP contribution in [0, 0.1) is 0 Å². The topological polar surface area (TPSA) is 77.0 Å². The van der Waals surface area contributed by atoms with Gasteiger partial charge in [0, 0.05) is 25.9 Å². The van der Waals surface area contributed by atoms with Gasteiger partial charge >= 0.3 is 6.18 Å². The molecule has 0 spiro atoms. The predicted octanol–water partition coefficient (Wildman–Crippen LogP) is 2.86. The van der Waals surface area contributed by atoms with Gasteiger partial charge in [-0.2, -0.15) is 13.2 Å². The molecule has 2 rings (SSSR count). The Morgan fingerprint density at radius 2 is 1.83 bits per heavy atom. The molecule has 7 nitrogen and oxygen atoms in total. The molecule has 0 aliphatic rings. The molecule has 158 valence electrons. The van der Waals surface area contributed by atoms with Crippen LogP contribution in [-0.2, 0) is 12.7 Å². The predicted molar refractivity (Wildman–Crippen MR) is 102 cm³/mol. The molecule has 2 N–H and O–H groups in total. The third-order valence-electron chi connectivity index (χ3n) is 3.84. The van der Waals surface area contributed by atoms with Crippen molar-refractivity contribution in [2.75, 3.05) is 34.4 Å². The maximum absolute atomic E-state index is 12.5. The van der Waals surface area contributed by atoms with Crippen LogP contribution in [0.2, 0.25) is 0 Å². The molecule has 29 heavy (non-hydrogen) atoms. The Balaban J connectivity index is 1.77. The van der Waals surface area contributed by atoms with Crippen LogP contribution in [0.3, 0.4) is 0 Å². The zero-order valence-electron chi connectivity index (χ0n) is 16.3. The van der Waals surface area contributed by atoms with E-state index in [9.17, 15) is 13.2 Å². The number of benzene rings is 1. The van der Waals surface area contributed by atoms with E-state index in [2.05, 4.69) is 20.6 Å². The molecule has 0 radical (unpaired) electrons. The molecule has 0 fully saturated rings. The Kier molecular flexibility index (Phi) is 7.93. The van der Waals surface area contributed by atoms with Crippen LogP contribution in [0.4, 0.5) is 13.2 Å². The first-order chi connectivity index (χ1) is 13.9. The second-order valence-corrected chi connectivity index (χ2v) is 5.77. The van der Waals surface area contributed by atoms with Crippen molar-refractivity contribution in [2.24, 2.45) is 4.99 Å². The smallest absolute Gasteiger partial charge is 0.417 e. The fraction of sp³-hybridized carbons (Fsp3) is 0.368. The van der Waals surface area contributed by atoms with E-state index in [1.54, 1.807) is 21.3 Å². The van der Waals surface area contributed by atoms with E-state index in [0.29, 0.717) is 30.5 Å². The van der Waals surface area contributed by atoms with Gasteiger partial charge in [0.25, 0.3) is 0 Å². The Labute approximate surface area is 166 Å². The molecule has 0 aliphatic heterocycles. The number of alkyl halides is 3. The van der Waals surface area contributed by atoms with Crippen molar-refractivity contribution in [1.29, 1.82) is 0 Å². The molecule has 0 amide bonds. The summed E-state index contributed by atoms with van der Waals surface area (Å²) in [6.45, 7) is 1.09. The summed E-state index contributed by atoms with van der Waals surface area (Å²) < 4.78 is 53.3. The van der Waals surface area contributed by atoms with Crippen LogP contribution in [0.15, 0.2) is 41.5 Å². The summed E-state index contributed by atoms with van der Waals surface area (Å²) >= 11 is 0. The SMILES string of the molecule is CN=C(NCCOc1ccc(C(F)(F)F)cn1)NCc1ccc(OC)c(OC)c1. The minimum absolute atomic E-state index is 0.119. The molecule has 0 bridgehead atoms. The first-order valence-corrected chi connectivity index (χ1v) is 8.69. The van der Waals surface area contributed by atoms with Crippen LogP contribution in [0.25, 0.3) is 0 Å². The Hall–Kier alpha value is -3.17. The van der Waals surface area contributed by atoms with Crippen LogP contribution in [0.1, 0.15) is 11.1 Å². The lowest BCUT2D eigenvalue weighted by Crippen LogP contribution is -2.38. The van der Waals surface area contributed by atoms with Crippen LogP contribution < -0.4 is 24.8 Å². The first-order valence-electron chi connectivity index (χ1n) is 8.69. The number of halogens is 3. The number of nitrogens with zero attached hydrogens (tertiary/aromatic N) is 2. The number of pyridine rings is 1. The average molecular weight is 412 g/mol. The lowest BCUT2D eigenvalue weighted by Gasteiger charge is -2.14. The molecule has 0 saturated heterocycles. The highest BCUT2D eigenvalue weighted by Gasteiger charge is 2.30. The molecule has 0 saturated carbocycles. The number of aromatic nitrogens is 1. The monoisotopic (exact) mass is 412 g/mol. The summed E-state index contributed by atoms with van der Waals surface area (Å²) in [6, 6.07) is 7.70. The average Bonchev–Trinajstić information content (AvgIpc) is 2.72. The van der Waals surface area contributed by atoms with Crippen molar-refractivity contribution in [1.82, 2.24) is 15.6 Å². The summed E-state index contributed by atoms with van der Waals surface area (Å²) in [6.07, 6.45) is -3.68. The van der Waals surface area contributed by atoms with Crippen molar-refractivity contribution in [3.05, 3.63) is 47.7 Å². The number of aliphatic imine (C=N–C) groups is 1. The number of methoxy groups -OCH3 is 2. The first kappa shape index (κ1) is 22.1. The Morgan fingerprint density at radius 3 is 2.41 bits per heavy atom. The molecular weight excluding hydrogens is 389 g/mol. The zero-order chi connectivity index (χ0) is 21.3. The second kappa shape index (κ2) is 10.4. The Bertz CT molecular complexity index is 811. The molecule has 1 heterocycles. The summed E-state index contributed by atoms with van der Waals surface area (Å²) in [4.78, 5) is 7.76. The highest BCUT2D eigenvalue weighted by atomic mass is 19.4. The van der Waals surface area contributed by atoms with Gasteiger partial charge in [-0.25, -0.2) is 4.98 Å². The highest BCUT2D eigenvalue weighted by Crippen LogP contribution is 2.29. The molecule has 1 aromatic heterocycles. The maximum Gasteiger partial charge on any atom is 0.417 e. The van der Waals surface area contributed by atoms with E-state index in [-0.39, 0.29) is 12.5 Å². The van der Waals surface area contributed by atoms with Gasteiger partial charge in [-0.15, -0.1) is 0 Å². The molecule has 0 unspecified atom stereocenters. The third-order valence-corrected chi connectivity index (χ3v) is 3.84. The molecule has 2 aromatic rings. The van der Waals surface area contributed by atoms with Gasteiger partial charge in [0.2, 0.25) is 5.88 Å². The normalized spacial score (nSPS) is 11.7. The van der Waals surface area contributed by atoms with E-state index >= 15 is 0 Å². The largest absolute Gasteiger partial charge is 0.493 e. The Morgan fingerprint density at radius 1 is 1.07 bits per heavy atom. The number of rotatable bonds is 8. The lowest BCUT2D eigenvalue weighted by atomic mass is 10.2. The fourth-order valence-electron chi connectivity index (χ4n) is 2.36. The van der Waals surface area contributed by atoms with Gasteiger partial charge < -0.3 is 24.8 Å². The van der Waals surface area contributed by atoms with Crippen LogP contribution in [-0.4, -0.2) is 45.4 Å².